The summed E-state index contributed by atoms with van der Waals surface area (Å²) in [7, 11) is 0. The molecule has 168 valence electrons. The van der Waals surface area contributed by atoms with Crippen LogP contribution in [0, 0.1) is 0 Å². The van der Waals surface area contributed by atoms with E-state index in [-0.39, 0.29) is 28.3 Å². The van der Waals surface area contributed by atoms with Crippen LogP contribution < -0.4 is 4.90 Å². The van der Waals surface area contributed by atoms with Crippen molar-refractivity contribution in [3.8, 4) is 0 Å². The number of anilines is 1. The Morgan fingerprint density at radius 1 is 0.939 bits per heavy atom. The van der Waals surface area contributed by atoms with Crippen molar-refractivity contribution in [1.29, 1.82) is 0 Å². The van der Waals surface area contributed by atoms with Gasteiger partial charge in [0.1, 0.15) is 6.61 Å². The zero-order chi connectivity index (χ0) is 23.9. The Morgan fingerprint density at radius 3 is 2.27 bits per heavy atom. The number of esters is 1. The van der Waals surface area contributed by atoms with Crippen LogP contribution in [0.5, 0.6) is 0 Å². The molecule has 0 fully saturated rings. The second kappa shape index (κ2) is 8.64. The fourth-order valence-corrected chi connectivity index (χ4v) is 3.73. The Hall–Kier alpha value is -3.17. The molecule has 0 N–H and O–H groups in total. The maximum Gasteiger partial charge on any atom is 0.416 e. The average Bonchev–Trinajstić information content (AvgIpc) is 3.02. The molecule has 1 heterocycles. The second-order valence-electron chi connectivity index (χ2n) is 7.07. The van der Waals surface area contributed by atoms with Crippen LogP contribution in [-0.4, -0.2) is 17.8 Å². The van der Waals surface area contributed by atoms with Gasteiger partial charge in [-0.2, -0.15) is 13.2 Å². The number of ether oxygens (including phenoxy) is 1. The Kier molecular flexibility index (Phi) is 6.02. The molecule has 0 bridgehead atoms. The monoisotopic (exact) mass is 537 g/mol. The van der Waals surface area contributed by atoms with Gasteiger partial charge in [0.15, 0.2) is 0 Å². The van der Waals surface area contributed by atoms with E-state index in [2.05, 4.69) is 15.9 Å². The number of hydrogen-bond donors (Lipinski definition) is 0. The van der Waals surface area contributed by atoms with Gasteiger partial charge in [0.25, 0.3) is 11.8 Å². The van der Waals surface area contributed by atoms with E-state index in [1.807, 2.05) is 0 Å². The summed E-state index contributed by atoms with van der Waals surface area (Å²) in [5.41, 5.74) is -0.884. The number of carbonyl (C=O) groups excluding carboxylic acids is 3. The summed E-state index contributed by atoms with van der Waals surface area (Å²) in [6.07, 6.45) is -4.69. The van der Waals surface area contributed by atoms with Gasteiger partial charge in [-0.15, -0.1) is 0 Å². The molecule has 10 heteroatoms. The van der Waals surface area contributed by atoms with Crippen molar-refractivity contribution in [3.63, 3.8) is 0 Å². The molecular formula is C23H12BrClF3NO4. The number of fused-ring (bicyclic) bond motifs is 1. The lowest BCUT2D eigenvalue weighted by atomic mass is 10.1. The van der Waals surface area contributed by atoms with Crippen LogP contribution in [0.15, 0.2) is 65.1 Å². The van der Waals surface area contributed by atoms with Crippen molar-refractivity contribution in [2.45, 2.75) is 12.8 Å². The fraction of sp³-hybridized carbons (Fsp3) is 0.0870. The van der Waals surface area contributed by atoms with Gasteiger partial charge in [0, 0.05) is 4.47 Å². The number of amides is 2. The molecule has 1 aliphatic rings. The van der Waals surface area contributed by atoms with Crippen LogP contribution in [0.3, 0.4) is 0 Å². The van der Waals surface area contributed by atoms with Crippen molar-refractivity contribution in [2.24, 2.45) is 0 Å². The van der Waals surface area contributed by atoms with Crippen LogP contribution >= 0.6 is 27.5 Å². The number of rotatable bonds is 4. The highest BCUT2D eigenvalue weighted by Crippen LogP contribution is 2.38. The molecule has 3 aromatic carbocycles. The third kappa shape index (κ3) is 4.51. The highest BCUT2D eigenvalue weighted by atomic mass is 79.9. The number of alkyl halides is 3. The highest BCUT2D eigenvalue weighted by Gasteiger charge is 2.40. The molecule has 0 saturated heterocycles. The molecule has 5 nitrogen and oxygen atoms in total. The van der Waals surface area contributed by atoms with Crippen LogP contribution in [0.2, 0.25) is 5.02 Å². The van der Waals surface area contributed by atoms with Crippen LogP contribution in [0.1, 0.15) is 42.2 Å². The number of nitrogens with zero attached hydrogens (tertiary/aromatic N) is 1. The molecule has 33 heavy (non-hydrogen) atoms. The highest BCUT2D eigenvalue weighted by molar-refractivity contribution is 9.10. The second-order valence-corrected chi connectivity index (χ2v) is 8.40. The van der Waals surface area contributed by atoms with E-state index in [1.54, 1.807) is 24.3 Å². The van der Waals surface area contributed by atoms with E-state index in [0.717, 1.165) is 22.2 Å². The van der Waals surface area contributed by atoms with Crippen molar-refractivity contribution in [3.05, 3.63) is 98.0 Å². The van der Waals surface area contributed by atoms with E-state index < -0.39 is 35.2 Å². The summed E-state index contributed by atoms with van der Waals surface area (Å²) in [5, 5.41) is -0.202. The van der Waals surface area contributed by atoms with Gasteiger partial charge < -0.3 is 4.74 Å². The zero-order valence-corrected chi connectivity index (χ0v) is 18.8. The molecule has 0 saturated carbocycles. The minimum Gasteiger partial charge on any atom is -0.457 e. The van der Waals surface area contributed by atoms with Gasteiger partial charge in [-0.05, 0) is 54.1 Å². The predicted molar refractivity (Wildman–Crippen MR) is 117 cm³/mol. The summed E-state index contributed by atoms with van der Waals surface area (Å²) in [6, 6.07) is 13.2. The van der Waals surface area contributed by atoms with E-state index in [0.29, 0.717) is 11.0 Å². The Balaban J connectivity index is 1.60. The molecule has 3 aromatic rings. The topological polar surface area (TPSA) is 63.7 Å². The minimum atomic E-state index is -4.69. The van der Waals surface area contributed by atoms with Crippen molar-refractivity contribution < 1.29 is 32.3 Å². The first-order chi connectivity index (χ1) is 15.6. The van der Waals surface area contributed by atoms with Crippen molar-refractivity contribution in [2.75, 3.05) is 4.90 Å². The molecule has 0 unspecified atom stereocenters. The molecule has 2 amide bonds. The van der Waals surface area contributed by atoms with Gasteiger partial charge in [0.05, 0.1) is 33.0 Å². The lowest BCUT2D eigenvalue weighted by molar-refractivity contribution is -0.137. The van der Waals surface area contributed by atoms with Crippen LogP contribution in [0.4, 0.5) is 18.9 Å². The van der Waals surface area contributed by atoms with Crippen molar-refractivity contribution >= 4 is 51.0 Å². The molecular weight excluding hydrogens is 527 g/mol. The summed E-state index contributed by atoms with van der Waals surface area (Å²) >= 11 is 9.31. The summed E-state index contributed by atoms with van der Waals surface area (Å²) in [4.78, 5) is 38.7. The summed E-state index contributed by atoms with van der Waals surface area (Å²) in [6.45, 7) is -0.0119. The van der Waals surface area contributed by atoms with E-state index in [9.17, 15) is 27.6 Å². The first kappa shape index (κ1) is 23.0. The minimum absolute atomic E-state index is 0.0119. The first-order valence-electron chi connectivity index (χ1n) is 9.37. The number of halogens is 5. The zero-order valence-electron chi connectivity index (χ0n) is 16.5. The standard InChI is InChI=1S/C23H12BrClF3NO4/c24-15-5-1-12(2-6-15)11-33-22(32)13-3-7-16-17(9-13)21(31)29(20(16)30)19-10-14(23(26,27)28)4-8-18(19)25/h1-10H,11H2. The third-order valence-electron chi connectivity index (χ3n) is 4.92. The molecule has 0 radical (unpaired) electrons. The summed E-state index contributed by atoms with van der Waals surface area (Å²) < 4.78 is 45.5. The lowest BCUT2D eigenvalue weighted by Gasteiger charge is -2.17. The van der Waals surface area contributed by atoms with E-state index in [4.69, 9.17) is 16.3 Å². The SMILES string of the molecule is O=C(OCc1ccc(Br)cc1)c1ccc2c(c1)C(=O)N(c1cc(C(F)(F)F)ccc1Cl)C2=O. The molecule has 0 aromatic heterocycles. The van der Waals surface area contributed by atoms with Gasteiger partial charge in [-0.25, -0.2) is 9.69 Å². The number of imide groups is 1. The lowest BCUT2D eigenvalue weighted by Crippen LogP contribution is -2.30. The summed E-state index contributed by atoms with van der Waals surface area (Å²) in [5.74, 6) is -2.46. The van der Waals surface area contributed by atoms with Crippen LogP contribution in [0.25, 0.3) is 0 Å². The Bertz CT molecular complexity index is 1290. The van der Waals surface area contributed by atoms with Gasteiger partial charge in [-0.1, -0.05) is 39.7 Å². The Morgan fingerprint density at radius 2 is 1.61 bits per heavy atom. The van der Waals surface area contributed by atoms with Gasteiger partial charge in [0.2, 0.25) is 0 Å². The molecule has 0 aliphatic carbocycles. The number of benzene rings is 3. The quantitative estimate of drug-likeness (QED) is 0.290. The van der Waals surface area contributed by atoms with Crippen molar-refractivity contribution in [1.82, 2.24) is 0 Å². The predicted octanol–water partition coefficient (Wildman–Crippen LogP) is 6.28. The average molecular weight is 539 g/mol. The molecule has 4 rings (SSSR count). The van der Waals surface area contributed by atoms with Gasteiger partial charge >= 0.3 is 12.1 Å². The number of hydrogen-bond acceptors (Lipinski definition) is 4. The normalized spacial score (nSPS) is 13.3. The number of carbonyl (C=O) groups is 3. The first-order valence-corrected chi connectivity index (χ1v) is 10.5. The molecule has 0 atom stereocenters. The van der Waals surface area contributed by atoms with Gasteiger partial charge in [-0.3, -0.25) is 9.59 Å². The maximum atomic E-state index is 13.1. The smallest absolute Gasteiger partial charge is 0.416 e. The largest absolute Gasteiger partial charge is 0.457 e. The molecule has 0 spiro atoms. The Labute approximate surface area is 198 Å². The third-order valence-corrected chi connectivity index (χ3v) is 5.77. The molecule has 1 aliphatic heterocycles. The fourth-order valence-electron chi connectivity index (χ4n) is 3.26. The maximum absolute atomic E-state index is 13.1. The van der Waals surface area contributed by atoms with Crippen LogP contribution in [-0.2, 0) is 17.5 Å². The van der Waals surface area contributed by atoms with E-state index >= 15 is 0 Å². The van der Waals surface area contributed by atoms with E-state index in [1.165, 1.54) is 18.2 Å².